The number of aliphatic hydroxyl groups excluding tert-OH is 2. The summed E-state index contributed by atoms with van der Waals surface area (Å²) in [7, 11) is 0. The van der Waals surface area contributed by atoms with Crippen molar-refractivity contribution in [1.82, 2.24) is 5.32 Å². The lowest BCUT2D eigenvalue weighted by Crippen LogP contribution is -2.45. The lowest BCUT2D eigenvalue weighted by molar-refractivity contribution is -0.123. The Balaban J connectivity index is 3.53. The van der Waals surface area contributed by atoms with Crippen LogP contribution in [0.4, 0.5) is 0 Å². The third kappa shape index (κ3) is 49.9. The van der Waals surface area contributed by atoms with Gasteiger partial charge >= 0.3 is 0 Å². The first-order chi connectivity index (χ1) is 31.2. The van der Waals surface area contributed by atoms with E-state index in [0.29, 0.717) is 12.8 Å². The standard InChI is InChI=1S/C59H101NO3/c1-3-5-7-9-11-13-15-16-17-18-19-20-21-22-23-24-25-26-27-28-29-30-31-32-33-34-35-36-37-38-39-40-41-42-43-44-45-47-49-51-53-55-59(63)60-57(56-61)58(62)54-52-50-48-46-14-12-10-8-6-4-2/h5,7,11,13,16-17,19-20,22-23,25-26,28-29,31-32,34-35,57-58,61-62H,3-4,6,8-10,12,14-15,18,21,24,27,30,33,36-56H2,1-2H3,(H,60,63)/b7-5-,13-11-,17-16-,20-19-,23-22-,26-25-,29-28-,32-31-,35-34-. The molecule has 0 aromatic carbocycles. The highest BCUT2D eigenvalue weighted by molar-refractivity contribution is 5.76. The zero-order valence-electron chi connectivity index (χ0n) is 41.3. The molecule has 4 heteroatoms. The number of hydrogen-bond donors (Lipinski definition) is 3. The molecule has 0 spiro atoms. The highest BCUT2D eigenvalue weighted by Gasteiger charge is 2.20. The van der Waals surface area contributed by atoms with Crippen molar-refractivity contribution >= 4 is 5.91 Å². The van der Waals surface area contributed by atoms with Gasteiger partial charge in [0.25, 0.3) is 0 Å². The molecule has 0 fully saturated rings. The minimum Gasteiger partial charge on any atom is -0.394 e. The van der Waals surface area contributed by atoms with E-state index < -0.39 is 12.1 Å². The Hall–Kier alpha value is -2.95. The number of aliphatic hydroxyl groups is 2. The van der Waals surface area contributed by atoms with Crippen LogP contribution in [0.25, 0.3) is 0 Å². The molecule has 360 valence electrons. The summed E-state index contributed by atoms with van der Waals surface area (Å²) in [6, 6.07) is -0.540. The molecule has 0 aromatic rings. The maximum absolute atomic E-state index is 12.4. The summed E-state index contributed by atoms with van der Waals surface area (Å²) in [5.74, 6) is -0.0381. The largest absolute Gasteiger partial charge is 0.394 e. The van der Waals surface area contributed by atoms with E-state index in [4.69, 9.17) is 0 Å². The van der Waals surface area contributed by atoms with Gasteiger partial charge < -0.3 is 15.5 Å². The van der Waals surface area contributed by atoms with Crippen molar-refractivity contribution in [2.24, 2.45) is 0 Å². The molecule has 0 aromatic heterocycles. The zero-order chi connectivity index (χ0) is 45.6. The van der Waals surface area contributed by atoms with Crippen LogP contribution in [0.5, 0.6) is 0 Å². The first kappa shape index (κ1) is 60.1. The second kappa shape index (κ2) is 53.4. The molecular weight excluding hydrogens is 771 g/mol. The molecule has 0 bridgehead atoms. The van der Waals surface area contributed by atoms with Crippen molar-refractivity contribution in [3.05, 3.63) is 109 Å². The number of carbonyl (C=O) groups excluding carboxylic acids is 1. The minimum absolute atomic E-state index is 0.0381. The zero-order valence-corrected chi connectivity index (χ0v) is 41.3. The fraction of sp³-hybridized carbons (Fsp3) is 0.678. The monoisotopic (exact) mass is 872 g/mol. The van der Waals surface area contributed by atoms with Crippen molar-refractivity contribution in [1.29, 1.82) is 0 Å². The number of allylic oxidation sites excluding steroid dienone is 18. The van der Waals surface area contributed by atoms with Gasteiger partial charge in [0.15, 0.2) is 0 Å². The molecule has 63 heavy (non-hydrogen) atoms. The molecule has 3 N–H and O–H groups in total. The number of rotatable bonds is 47. The summed E-state index contributed by atoms with van der Waals surface area (Å²) < 4.78 is 0. The summed E-state index contributed by atoms with van der Waals surface area (Å²) in [5.41, 5.74) is 0. The fourth-order valence-corrected chi connectivity index (χ4v) is 7.53. The maximum atomic E-state index is 12.4. The van der Waals surface area contributed by atoms with Crippen molar-refractivity contribution in [3.8, 4) is 0 Å². The van der Waals surface area contributed by atoms with Crippen LogP contribution in [-0.2, 0) is 4.79 Å². The number of hydrogen-bond acceptors (Lipinski definition) is 3. The number of nitrogens with one attached hydrogen (secondary N) is 1. The predicted molar refractivity (Wildman–Crippen MR) is 280 cm³/mol. The molecule has 0 rings (SSSR count). The van der Waals surface area contributed by atoms with Crippen molar-refractivity contribution in [2.75, 3.05) is 6.61 Å². The van der Waals surface area contributed by atoms with E-state index in [2.05, 4.69) is 129 Å². The third-order valence-electron chi connectivity index (χ3n) is 11.5. The van der Waals surface area contributed by atoms with Crippen LogP contribution >= 0.6 is 0 Å². The van der Waals surface area contributed by atoms with Crippen LogP contribution in [0.1, 0.15) is 239 Å². The van der Waals surface area contributed by atoms with Gasteiger partial charge in [-0.05, 0) is 83.5 Å². The van der Waals surface area contributed by atoms with Crippen LogP contribution in [0.3, 0.4) is 0 Å². The normalized spacial score (nSPS) is 13.8. The van der Waals surface area contributed by atoms with Crippen LogP contribution in [-0.4, -0.2) is 34.9 Å². The first-order valence-electron chi connectivity index (χ1n) is 26.6. The van der Waals surface area contributed by atoms with Gasteiger partial charge in [0.1, 0.15) is 0 Å². The lowest BCUT2D eigenvalue weighted by Gasteiger charge is -2.22. The van der Waals surface area contributed by atoms with Gasteiger partial charge in [-0.2, -0.15) is 0 Å². The SMILES string of the molecule is CC/C=C\C/C=C\C/C=C\C/C=C\C/C=C\C/C=C\C/C=C\C/C=C\C/C=C\CCCCCCCCCCCCCCCC(=O)NC(CO)C(O)CCCCCCCCCCCC. The van der Waals surface area contributed by atoms with E-state index in [0.717, 1.165) is 83.5 Å². The molecule has 2 atom stereocenters. The van der Waals surface area contributed by atoms with Crippen LogP contribution in [0.15, 0.2) is 109 Å². The molecule has 4 nitrogen and oxygen atoms in total. The van der Waals surface area contributed by atoms with E-state index in [-0.39, 0.29) is 12.5 Å². The molecule has 0 heterocycles. The van der Waals surface area contributed by atoms with Crippen LogP contribution < -0.4 is 5.32 Å². The molecular formula is C59H101NO3. The Bertz CT molecular complexity index is 1220. The first-order valence-corrected chi connectivity index (χ1v) is 26.6. The van der Waals surface area contributed by atoms with Crippen molar-refractivity contribution in [3.63, 3.8) is 0 Å². The van der Waals surface area contributed by atoms with Gasteiger partial charge in [-0.3, -0.25) is 4.79 Å². The topological polar surface area (TPSA) is 69.6 Å². The van der Waals surface area contributed by atoms with Gasteiger partial charge in [-0.15, -0.1) is 0 Å². The molecule has 0 saturated heterocycles. The molecule has 2 unspecified atom stereocenters. The van der Waals surface area contributed by atoms with Crippen molar-refractivity contribution in [2.45, 2.75) is 251 Å². The second-order valence-electron chi connectivity index (χ2n) is 17.6. The van der Waals surface area contributed by atoms with Gasteiger partial charge in [0.2, 0.25) is 5.91 Å². The molecule has 0 radical (unpaired) electrons. The van der Waals surface area contributed by atoms with E-state index in [1.807, 2.05) is 0 Å². The fourth-order valence-electron chi connectivity index (χ4n) is 7.53. The summed E-state index contributed by atoms with van der Waals surface area (Å²) in [6.07, 6.45) is 80.7. The highest BCUT2D eigenvalue weighted by Crippen LogP contribution is 2.15. The van der Waals surface area contributed by atoms with E-state index in [1.165, 1.54) is 128 Å². The Kier molecular flexibility index (Phi) is 50.9. The lowest BCUT2D eigenvalue weighted by atomic mass is 10.0. The molecule has 0 saturated carbocycles. The summed E-state index contributed by atoms with van der Waals surface area (Å²) >= 11 is 0. The second-order valence-corrected chi connectivity index (χ2v) is 17.6. The van der Waals surface area contributed by atoms with E-state index in [1.54, 1.807) is 0 Å². The Morgan fingerprint density at radius 3 is 1.05 bits per heavy atom. The summed E-state index contributed by atoms with van der Waals surface area (Å²) in [5, 5.41) is 23.1. The molecule has 1 amide bonds. The number of unbranched alkanes of at least 4 members (excludes halogenated alkanes) is 22. The van der Waals surface area contributed by atoms with Gasteiger partial charge in [-0.25, -0.2) is 0 Å². The predicted octanol–water partition coefficient (Wildman–Crippen LogP) is 17.5. The number of amides is 1. The number of carbonyl (C=O) groups is 1. The Labute approximate surface area is 391 Å². The average molecular weight is 872 g/mol. The van der Waals surface area contributed by atoms with E-state index >= 15 is 0 Å². The smallest absolute Gasteiger partial charge is 0.220 e. The summed E-state index contributed by atoms with van der Waals surface area (Å²) in [6.45, 7) is 4.22. The van der Waals surface area contributed by atoms with Crippen LogP contribution in [0, 0.1) is 0 Å². The molecule has 0 aliphatic heterocycles. The highest BCUT2D eigenvalue weighted by atomic mass is 16.3. The van der Waals surface area contributed by atoms with E-state index in [9.17, 15) is 15.0 Å². The summed E-state index contributed by atoms with van der Waals surface area (Å²) in [4.78, 5) is 12.4. The minimum atomic E-state index is -0.663. The van der Waals surface area contributed by atoms with Gasteiger partial charge in [0.05, 0.1) is 18.8 Å². The van der Waals surface area contributed by atoms with Crippen molar-refractivity contribution < 1.29 is 15.0 Å². The van der Waals surface area contributed by atoms with Gasteiger partial charge in [-0.1, -0.05) is 258 Å². The Morgan fingerprint density at radius 2 is 0.698 bits per heavy atom. The molecule has 0 aliphatic carbocycles. The third-order valence-corrected chi connectivity index (χ3v) is 11.5. The molecule has 0 aliphatic rings. The van der Waals surface area contributed by atoms with Crippen LogP contribution in [0.2, 0.25) is 0 Å². The Morgan fingerprint density at radius 1 is 0.397 bits per heavy atom. The quantitative estimate of drug-likeness (QED) is 0.0421. The van der Waals surface area contributed by atoms with Gasteiger partial charge in [0, 0.05) is 6.42 Å². The maximum Gasteiger partial charge on any atom is 0.220 e. The average Bonchev–Trinajstić information content (AvgIpc) is 3.29.